The maximum Gasteiger partial charge on any atom is 0.332 e. The zero-order valence-electron chi connectivity index (χ0n) is 9.43. The lowest BCUT2D eigenvalue weighted by atomic mass is 10.1. The van der Waals surface area contributed by atoms with Crippen molar-refractivity contribution in [1.29, 1.82) is 0 Å². The molecule has 1 rings (SSSR count). The van der Waals surface area contributed by atoms with E-state index in [1.54, 1.807) is 26.0 Å². The van der Waals surface area contributed by atoms with E-state index in [0.29, 0.717) is 16.8 Å². The normalized spacial score (nSPS) is 11.1. The van der Waals surface area contributed by atoms with Crippen LogP contribution < -0.4 is 11.2 Å². The molecule has 0 saturated carbocycles. The summed E-state index contributed by atoms with van der Waals surface area (Å²) < 4.78 is 0. The molecule has 7 nitrogen and oxygen atoms in total. The molecular weight excluding hydrogens is 224 g/mol. The molecule has 0 fully saturated rings. The second kappa shape index (κ2) is 5.06. The average molecular weight is 236 g/mol. The molecule has 1 aromatic rings. The van der Waals surface area contributed by atoms with E-state index in [1.807, 2.05) is 0 Å². The van der Waals surface area contributed by atoms with Crippen molar-refractivity contribution in [2.45, 2.75) is 13.8 Å². The first kappa shape index (κ1) is 12.6. The van der Waals surface area contributed by atoms with E-state index in [-0.39, 0.29) is 5.69 Å². The standard InChI is InChI=1S/C10H12N4O3/c1-6-3-4-8(5-9(6)14(16)17)7(2)12-13-10(11)15/h3-5H,1-2H3,(H3,11,13,15)/b12-7-. The van der Waals surface area contributed by atoms with Gasteiger partial charge in [0, 0.05) is 17.2 Å². The lowest BCUT2D eigenvalue weighted by Gasteiger charge is -2.02. The van der Waals surface area contributed by atoms with E-state index in [1.165, 1.54) is 6.07 Å². The molecule has 2 amide bonds. The molecule has 3 N–H and O–H groups in total. The molecule has 0 bridgehead atoms. The van der Waals surface area contributed by atoms with Crippen LogP contribution in [0, 0.1) is 17.0 Å². The van der Waals surface area contributed by atoms with Gasteiger partial charge in [-0.15, -0.1) is 0 Å². The molecule has 1 aromatic carbocycles. The molecule has 0 aromatic heterocycles. The van der Waals surface area contributed by atoms with Gasteiger partial charge in [-0.2, -0.15) is 5.10 Å². The zero-order valence-corrected chi connectivity index (χ0v) is 9.43. The van der Waals surface area contributed by atoms with Gasteiger partial charge < -0.3 is 5.73 Å². The van der Waals surface area contributed by atoms with E-state index in [2.05, 4.69) is 10.5 Å². The highest BCUT2D eigenvalue weighted by molar-refractivity contribution is 5.99. The number of aryl methyl sites for hydroxylation is 1. The summed E-state index contributed by atoms with van der Waals surface area (Å²) in [5, 5.41) is 14.4. The van der Waals surface area contributed by atoms with Gasteiger partial charge in [0.2, 0.25) is 0 Å². The number of hydrazone groups is 1. The van der Waals surface area contributed by atoms with Crippen LogP contribution in [0.25, 0.3) is 0 Å². The number of nitrogens with two attached hydrogens (primary N) is 1. The molecular formula is C10H12N4O3. The summed E-state index contributed by atoms with van der Waals surface area (Å²) in [6.45, 7) is 3.26. The number of carbonyl (C=O) groups excluding carboxylic acids is 1. The van der Waals surface area contributed by atoms with Crippen LogP contribution in [0.4, 0.5) is 10.5 Å². The predicted octanol–water partition coefficient (Wildman–Crippen LogP) is 1.30. The smallest absolute Gasteiger partial charge is 0.332 e. The average Bonchev–Trinajstić information content (AvgIpc) is 2.26. The number of rotatable bonds is 3. The number of amides is 2. The van der Waals surface area contributed by atoms with Crippen LogP contribution in [0.1, 0.15) is 18.1 Å². The van der Waals surface area contributed by atoms with Crippen molar-refractivity contribution in [2.24, 2.45) is 10.8 Å². The molecule has 17 heavy (non-hydrogen) atoms. The molecule has 0 radical (unpaired) electrons. The van der Waals surface area contributed by atoms with Crippen LogP contribution in [0.2, 0.25) is 0 Å². The topological polar surface area (TPSA) is 111 Å². The Morgan fingerprint density at radius 3 is 2.71 bits per heavy atom. The first-order valence-electron chi connectivity index (χ1n) is 4.77. The molecule has 90 valence electrons. The fraction of sp³-hybridized carbons (Fsp3) is 0.200. The molecule has 0 atom stereocenters. The first-order valence-corrected chi connectivity index (χ1v) is 4.77. The van der Waals surface area contributed by atoms with Gasteiger partial charge in [-0.3, -0.25) is 10.1 Å². The Labute approximate surface area is 97.5 Å². The Balaban J connectivity index is 3.07. The highest BCUT2D eigenvalue weighted by Gasteiger charge is 2.12. The second-order valence-corrected chi connectivity index (χ2v) is 3.43. The fourth-order valence-electron chi connectivity index (χ4n) is 1.23. The third-order valence-corrected chi connectivity index (χ3v) is 2.16. The number of benzene rings is 1. The third-order valence-electron chi connectivity index (χ3n) is 2.16. The quantitative estimate of drug-likeness (QED) is 0.468. The molecule has 0 aliphatic heterocycles. The van der Waals surface area contributed by atoms with Crippen LogP contribution in [0.15, 0.2) is 23.3 Å². The maximum absolute atomic E-state index is 10.7. The molecule has 7 heteroatoms. The number of nitro groups is 1. The Morgan fingerprint density at radius 2 is 2.18 bits per heavy atom. The number of primary amides is 1. The van der Waals surface area contributed by atoms with E-state index in [0.717, 1.165) is 0 Å². The predicted molar refractivity (Wildman–Crippen MR) is 62.8 cm³/mol. The van der Waals surface area contributed by atoms with E-state index < -0.39 is 11.0 Å². The van der Waals surface area contributed by atoms with Gasteiger partial charge in [0.05, 0.1) is 10.6 Å². The van der Waals surface area contributed by atoms with Crippen LogP contribution >= 0.6 is 0 Å². The van der Waals surface area contributed by atoms with Gasteiger partial charge in [0.15, 0.2) is 0 Å². The Kier molecular flexibility index (Phi) is 3.76. The largest absolute Gasteiger partial charge is 0.350 e. The summed E-state index contributed by atoms with van der Waals surface area (Å²) in [5.74, 6) is 0. The molecule has 0 aliphatic rings. The number of carbonyl (C=O) groups is 1. The summed E-state index contributed by atoms with van der Waals surface area (Å²) in [4.78, 5) is 20.7. The fourth-order valence-corrected chi connectivity index (χ4v) is 1.23. The van der Waals surface area contributed by atoms with Crippen LogP contribution in [-0.2, 0) is 0 Å². The highest BCUT2D eigenvalue weighted by atomic mass is 16.6. The summed E-state index contributed by atoms with van der Waals surface area (Å²) in [7, 11) is 0. The van der Waals surface area contributed by atoms with Crippen LogP contribution in [0.3, 0.4) is 0 Å². The second-order valence-electron chi connectivity index (χ2n) is 3.43. The lowest BCUT2D eigenvalue weighted by molar-refractivity contribution is -0.385. The Bertz CT molecular complexity index is 496. The van der Waals surface area contributed by atoms with Gasteiger partial charge in [0.1, 0.15) is 0 Å². The lowest BCUT2D eigenvalue weighted by Crippen LogP contribution is -2.25. The maximum atomic E-state index is 10.7. The van der Waals surface area contributed by atoms with Crippen molar-refractivity contribution < 1.29 is 9.72 Å². The Morgan fingerprint density at radius 1 is 1.53 bits per heavy atom. The molecule has 0 saturated heterocycles. The summed E-state index contributed by atoms with van der Waals surface area (Å²) in [6, 6.07) is 3.92. The van der Waals surface area contributed by atoms with Crippen molar-refractivity contribution in [3.8, 4) is 0 Å². The van der Waals surface area contributed by atoms with E-state index in [9.17, 15) is 14.9 Å². The summed E-state index contributed by atoms with van der Waals surface area (Å²) in [6.07, 6.45) is 0. The van der Waals surface area contributed by atoms with Gasteiger partial charge in [0.25, 0.3) is 5.69 Å². The number of urea groups is 1. The van der Waals surface area contributed by atoms with E-state index in [4.69, 9.17) is 5.73 Å². The monoisotopic (exact) mass is 236 g/mol. The molecule has 0 spiro atoms. The molecule has 0 aliphatic carbocycles. The van der Waals surface area contributed by atoms with E-state index >= 15 is 0 Å². The minimum atomic E-state index is -0.786. The number of nitro benzene ring substituents is 1. The Hall–Kier alpha value is -2.44. The van der Waals surface area contributed by atoms with Gasteiger partial charge in [-0.05, 0) is 13.8 Å². The molecule has 0 unspecified atom stereocenters. The van der Waals surface area contributed by atoms with Crippen molar-refractivity contribution in [3.05, 3.63) is 39.4 Å². The van der Waals surface area contributed by atoms with Gasteiger partial charge >= 0.3 is 6.03 Å². The summed E-state index contributed by atoms with van der Waals surface area (Å²) >= 11 is 0. The third kappa shape index (κ3) is 3.26. The highest BCUT2D eigenvalue weighted by Crippen LogP contribution is 2.19. The van der Waals surface area contributed by atoms with Gasteiger partial charge in [-0.25, -0.2) is 10.2 Å². The van der Waals surface area contributed by atoms with Crippen molar-refractivity contribution in [1.82, 2.24) is 5.43 Å². The van der Waals surface area contributed by atoms with Crippen LogP contribution in [-0.4, -0.2) is 16.7 Å². The summed E-state index contributed by atoms with van der Waals surface area (Å²) in [5.41, 5.74) is 8.48. The van der Waals surface area contributed by atoms with Gasteiger partial charge in [-0.1, -0.05) is 12.1 Å². The SMILES string of the molecule is C/C(=N/NC(N)=O)c1ccc(C)c([N+](=O)[O-])c1. The number of nitrogens with one attached hydrogen (secondary N) is 1. The van der Waals surface area contributed by atoms with Crippen LogP contribution in [0.5, 0.6) is 0 Å². The van der Waals surface area contributed by atoms with Crippen molar-refractivity contribution >= 4 is 17.4 Å². The number of hydrogen-bond acceptors (Lipinski definition) is 4. The number of hydrogen-bond donors (Lipinski definition) is 2. The minimum absolute atomic E-state index is 0.0103. The molecule has 0 heterocycles. The van der Waals surface area contributed by atoms with Crippen molar-refractivity contribution in [2.75, 3.05) is 0 Å². The number of nitrogens with zero attached hydrogens (tertiary/aromatic N) is 2. The van der Waals surface area contributed by atoms with Crippen molar-refractivity contribution in [3.63, 3.8) is 0 Å². The minimum Gasteiger partial charge on any atom is -0.350 e. The first-order chi connectivity index (χ1) is 7.91. The zero-order chi connectivity index (χ0) is 13.0.